The monoisotopic (exact) mass is 214 g/mol. The van der Waals surface area contributed by atoms with Gasteiger partial charge in [-0.05, 0) is 6.42 Å². The SMILES string of the molecule is O=C(c1cnco1)N1CC[C@H](O)[C@H](F)C1. The van der Waals surface area contributed by atoms with Crippen molar-refractivity contribution in [2.75, 3.05) is 13.1 Å². The number of aliphatic hydroxyl groups is 1. The van der Waals surface area contributed by atoms with Crippen LogP contribution in [0.4, 0.5) is 4.39 Å². The van der Waals surface area contributed by atoms with Crippen molar-refractivity contribution in [3.63, 3.8) is 0 Å². The molecule has 0 aliphatic carbocycles. The number of aliphatic hydroxyl groups excluding tert-OH is 1. The number of hydrogen-bond acceptors (Lipinski definition) is 4. The number of hydrogen-bond donors (Lipinski definition) is 1. The second-order valence-electron chi connectivity index (χ2n) is 3.49. The normalized spacial score (nSPS) is 26.7. The number of alkyl halides is 1. The van der Waals surface area contributed by atoms with E-state index in [1.807, 2.05) is 0 Å². The first-order chi connectivity index (χ1) is 7.18. The highest BCUT2D eigenvalue weighted by atomic mass is 19.1. The molecule has 2 atom stereocenters. The van der Waals surface area contributed by atoms with Crippen molar-refractivity contribution in [3.05, 3.63) is 18.4 Å². The fraction of sp³-hybridized carbons (Fsp3) is 0.556. The summed E-state index contributed by atoms with van der Waals surface area (Å²) in [7, 11) is 0. The molecule has 0 spiro atoms. The van der Waals surface area contributed by atoms with Crippen LogP contribution in [0.5, 0.6) is 0 Å². The van der Waals surface area contributed by atoms with Crippen molar-refractivity contribution >= 4 is 5.91 Å². The number of amides is 1. The van der Waals surface area contributed by atoms with E-state index in [1.54, 1.807) is 0 Å². The fourth-order valence-electron chi connectivity index (χ4n) is 1.55. The summed E-state index contributed by atoms with van der Waals surface area (Å²) in [6, 6.07) is 0. The number of piperidine rings is 1. The average Bonchev–Trinajstić information content (AvgIpc) is 2.74. The molecule has 1 fully saturated rings. The van der Waals surface area contributed by atoms with E-state index in [0.717, 1.165) is 6.39 Å². The maximum atomic E-state index is 13.1. The molecule has 1 N–H and O–H groups in total. The second-order valence-corrected chi connectivity index (χ2v) is 3.49. The summed E-state index contributed by atoms with van der Waals surface area (Å²) in [5.41, 5.74) is 0. The van der Waals surface area contributed by atoms with E-state index >= 15 is 0 Å². The predicted octanol–water partition coefficient (Wildman–Crippen LogP) is 0.219. The van der Waals surface area contributed by atoms with Crippen LogP contribution in [0.1, 0.15) is 17.0 Å². The Morgan fingerprint density at radius 2 is 2.53 bits per heavy atom. The third-order valence-electron chi connectivity index (χ3n) is 2.44. The van der Waals surface area contributed by atoms with Crippen LogP contribution in [-0.4, -0.2) is 46.3 Å². The molecular formula is C9H11FN2O3. The van der Waals surface area contributed by atoms with E-state index in [4.69, 9.17) is 9.52 Å². The summed E-state index contributed by atoms with van der Waals surface area (Å²) in [6.45, 7) is 0.238. The molecule has 15 heavy (non-hydrogen) atoms. The van der Waals surface area contributed by atoms with Gasteiger partial charge in [-0.15, -0.1) is 0 Å². The number of halogens is 1. The molecule has 2 heterocycles. The highest BCUT2D eigenvalue weighted by molar-refractivity contribution is 5.91. The summed E-state index contributed by atoms with van der Waals surface area (Å²) in [5, 5.41) is 9.16. The fourth-order valence-corrected chi connectivity index (χ4v) is 1.55. The molecule has 6 heteroatoms. The molecule has 1 aromatic rings. The lowest BCUT2D eigenvalue weighted by molar-refractivity contribution is 0.00705. The van der Waals surface area contributed by atoms with Gasteiger partial charge < -0.3 is 14.4 Å². The van der Waals surface area contributed by atoms with E-state index in [9.17, 15) is 9.18 Å². The van der Waals surface area contributed by atoms with Crippen LogP contribution in [0, 0.1) is 0 Å². The van der Waals surface area contributed by atoms with Crippen molar-refractivity contribution in [3.8, 4) is 0 Å². The molecule has 0 bridgehead atoms. The number of oxazole rings is 1. The van der Waals surface area contributed by atoms with Gasteiger partial charge in [0.05, 0.1) is 18.8 Å². The van der Waals surface area contributed by atoms with Gasteiger partial charge in [-0.25, -0.2) is 9.37 Å². The van der Waals surface area contributed by atoms with E-state index in [-0.39, 0.29) is 24.6 Å². The first-order valence-corrected chi connectivity index (χ1v) is 4.68. The average molecular weight is 214 g/mol. The molecule has 1 aromatic heterocycles. The Labute approximate surface area is 85.5 Å². The lowest BCUT2D eigenvalue weighted by Crippen LogP contribution is -2.47. The lowest BCUT2D eigenvalue weighted by atomic mass is 10.1. The predicted molar refractivity (Wildman–Crippen MR) is 47.9 cm³/mol. The first-order valence-electron chi connectivity index (χ1n) is 4.68. The summed E-state index contributed by atoms with van der Waals surface area (Å²) in [4.78, 5) is 16.6. The minimum atomic E-state index is -1.38. The number of carbonyl (C=O) groups is 1. The molecule has 1 saturated heterocycles. The summed E-state index contributed by atoms with van der Waals surface area (Å²) < 4.78 is 18.0. The highest BCUT2D eigenvalue weighted by Crippen LogP contribution is 2.16. The van der Waals surface area contributed by atoms with Gasteiger partial charge in [-0.3, -0.25) is 4.79 Å². The largest absolute Gasteiger partial charge is 0.438 e. The summed E-state index contributed by atoms with van der Waals surface area (Å²) >= 11 is 0. The number of carbonyl (C=O) groups excluding carboxylic acids is 1. The van der Waals surface area contributed by atoms with Gasteiger partial charge >= 0.3 is 0 Å². The van der Waals surface area contributed by atoms with E-state index in [2.05, 4.69) is 4.98 Å². The van der Waals surface area contributed by atoms with Gasteiger partial charge in [0.25, 0.3) is 5.91 Å². The van der Waals surface area contributed by atoms with E-state index in [0.29, 0.717) is 6.54 Å². The van der Waals surface area contributed by atoms with Crippen LogP contribution in [0.2, 0.25) is 0 Å². The van der Waals surface area contributed by atoms with Gasteiger partial charge in [-0.1, -0.05) is 0 Å². The quantitative estimate of drug-likeness (QED) is 0.726. The zero-order chi connectivity index (χ0) is 10.8. The Hall–Kier alpha value is -1.43. The van der Waals surface area contributed by atoms with Gasteiger partial charge in [0.15, 0.2) is 6.39 Å². The van der Waals surface area contributed by atoms with Crippen LogP contribution < -0.4 is 0 Å². The maximum absolute atomic E-state index is 13.1. The molecule has 0 radical (unpaired) electrons. The van der Waals surface area contributed by atoms with Gasteiger partial charge in [0.2, 0.25) is 5.76 Å². The Morgan fingerprint density at radius 1 is 1.73 bits per heavy atom. The van der Waals surface area contributed by atoms with Crippen molar-refractivity contribution in [1.29, 1.82) is 0 Å². The minimum Gasteiger partial charge on any atom is -0.438 e. The van der Waals surface area contributed by atoms with Crippen molar-refractivity contribution in [2.45, 2.75) is 18.7 Å². The van der Waals surface area contributed by atoms with Gasteiger partial charge in [-0.2, -0.15) is 0 Å². The molecule has 82 valence electrons. The highest BCUT2D eigenvalue weighted by Gasteiger charge is 2.31. The molecular weight excluding hydrogens is 203 g/mol. The van der Waals surface area contributed by atoms with Gasteiger partial charge in [0.1, 0.15) is 6.17 Å². The molecule has 1 aliphatic rings. The molecule has 1 amide bonds. The summed E-state index contributed by atoms with van der Waals surface area (Å²) in [6.07, 6.45) is 0.343. The number of likely N-dealkylation sites (tertiary alicyclic amines) is 1. The molecule has 0 unspecified atom stereocenters. The Kier molecular flexibility index (Phi) is 2.68. The molecule has 1 aliphatic heterocycles. The maximum Gasteiger partial charge on any atom is 0.291 e. The molecule has 2 rings (SSSR count). The first kappa shape index (κ1) is 10.1. The standard InChI is InChI=1S/C9H11FN2O3/c10-6-4-12(2-1-7(6)13)9(14)8-3-11-5-15-8/h3,5-7,13H,1-2,4H2/t6-,7+/m1/s1. The van der Waals surface area contributed by atoms with Crippen LogP contribution in [0.15, 0.2) is 17.0 Å². The zero-order valence-corrected chi connectivity index (χ0v) is 7.97. The van der Waals surface area contributed by atoms with Crippen LogP contribution in [0.3, 0.4) is 0 Å². The van der Waals surface area contributed by atoms with Crippen LogP contribution in [0.25, 0.3) is 0 Å². The number of aromatic nitrogens is 1. The smallest absolute Gasteiger partial charge is 0.291 e. The topological polar surface area (TPSA) is 66.6 Å². The van der Waals surface area contributed by atoms with E-state index < -0.39 is 12.3 Å². The van der Waals surface area contributed by atoms with Crippen molar-refractivity contribution < 1.29 is 18.7 Å². The van der Waals surface area contributed by atoms with Gasteiger partial charge in [0, 0.05) is 6.54 Å². The Bertz CT molecular complexity index is 341. The lowest BCUT2D eigenvalue weighted by Gasteiger charge is -2.31. The molecule has 0 aromatic carbocycles. The zero-order valence-electron chi connectivity index (χ0n) is 7.97. The molecule has 5 nitrogen and oxygen atoms in total. The third kappa shape index (κ3) is 1.99. The second kappa shape index (κ2) is 3.98. The van der Waals surface area contributed by atoms with Crippen LogP contribution in [-0.2, 0) is 0 Å². The minimum absolute atomic E-state index is 0.0959. The van der Waals surface area contributed by atoms with Crippen LogP contribution >= 0.6 is 0 Å². The van der Waals surface area contributed by atoms with Crippen molar-refractivity contribution in [1.82, 2.24) is 9.88 Å². The van der Waals surface area contributed by atoms with Crippen molar-refractivity contribution in [2.24, 2.45) is 0 Å². The molecule has 0 saturated carbocycles. The third-order valence-corrected chi connectivity index (χ3v) is 2.44. The number of nitrogens with zero attached hydrogens (tertiary/aromatic N) is 2. The Balaban J connectivity index is 2.03. The van der Waals surface area contributed by atoms with E-state index in [1.165, 1.54) is 11.1 Å². The summed E-state index contributed by atoms with van der Waals surface area (Å²) in [5.74, 6) is -0.291. The number of rotatable bonds is 1. The Morgan fingerprint density at radius 3 is 3.13 bits per heavy atom.